The van der Waals surface area contributed by atoms with E-state index in [9.17, 15) is 9.18 Å². The van der Waals surface area contributed by atoms with E-state index in [0.29, 0.717) is 17.0 Å². The highest BCUT2D eigenvalue weighted by atomic mass is 19.1. The van der Waals surface area contributed by atoms with E-state index >= 15 is 0 Å². The molecule has 3 rings (SSSR count). The molecule has 3 nitrogen and oxygen atoms in total. The van der Waals surface area contributed by atoms with Crippen LogP contribution >= 0.6 is 0 Å². The Bertz CT molecular complexity index is 662. The van der Waals surface area contributed by atoms with Gasteiger partial charge < -0.3 is 9.88 Å². The Kier molecular flexibility index (Phi) is 3.24. The molecule has 0 saturated carbocycles. The Morgan fingerprint density at radius 2 is 2.25 bits per heavy atom. The molecule has 0 radical (unpaired) electrons. The lowest BCUT2D eigenvalue weighted by atomic mass is 9.99. The highest BCUT2D eigenvalue weighted by Crippen LogP contribution is 2.26. The van der Waals surface area contributed by atoms with Gasteiger partial charge >= 0.3 is 0 Å². The zero-order valence-corrected chi connectivity index (χ0v) is 11.9. The van der Waals surface area contributed by atoms with Gasteiger partial charge in [0.2, 0.25) is 0 Å². The summed E-state index contributed by atoms with van der Waals surface area (Å²) in [6.07, 6.45) is 2.24. The minimum atomic E-state index is -0.288. The lowest BCUT2D eigenvalue weighted by Gasteiger charge is -2.31. The number of nitrogens with zero attached hydrogens (tertiary/aromatic N) is 1. The van der Waals surface area contributed by atoms with E-state index in [1.807, 2.05) is 11.8 Å². The summed E-state index contributed by atoms with van der Waals surface area (Å²) in [4.78, 5) is 17.8. The van der Waals surface area contributed by atoms with Crippen LogP contribution in [-0.2, 0) is 0 Å². The first kappa shape index (κ1) is 13.2. The zero-order chi connectivity index (χ0) is 14.3. The Hall–Kier alpha value is -1.84. The summed E-state index contributed by atoms with van der Waals surface area (Å²) in [7, 11) is 0. The maximum Gasteiger partial charge on any atom is 0.256 e. The summed E-state index contributed by atoms with van der Waals surface area (Å²) in [5.74, 6) is 0.326. The van der Waals surface area contributed by atoms with Gasteiger partial charge in [0.15, 0.2) is 0 Å². The van der Waals surface area contributed by atoms with Crippen molar-refractivity contribution in [3.05, 3.63) is 35.3 Å². The van der Waals surface area contributed by atoms with Crippen molar-refractivity contribution in [2.45, 2.75) is 26.7 Å². The molecule has 1 aromatic heterocycles. The van der Waals surface area contributed by atoms with Crippen LogP contribution in [0.3, 0.4) is 0 Å². The molecule has 1 aliphatic rings. The largest absolute Gasteiger partial charge is 0.358 e. The fourth-order valence-electron chi connectivity index (χ4n) is 3.11. The third kappa shape index (κ3) is 2.19. The molecule has 1 amide bonds. The van der Waals surface area contributed by atoms with Crippen LogP contribution in [0.15, 0.2) is 18.2 Å². The minimum absolute atomic E-state index is 0.0620. The maximum absolute atomic E-state index is 13.3. The number of aryl methyl sites for hydroxylation is 1. The van der Waals surface area contributed by atoms with Gasteiger partial charge in [0, 0.05) is 29.7 Å². The van der Waals surface area contributed by atoms with E-state index in [4.69, 9.17) is 0 Å². The predicted octanol–water partition coefficient (Wildman–Crippen LogP) is 3.49. The summed E-state index contributed by atoms with van der Waals surface area (Å²) >= 11 is 0. The van der Waals surface area contributed by atoms with E-state index in [-0.39, 0.29) is 11.7 Å². The number of aromatic amines is 1. The molecular weight excluding hydrogens is 255 g/mol. The second-order valence-electron chi connectivity index (χ2n) is 5.81. The van der Waals surface area contributed by atoms with Crippen LogP contribution in [0.4, 0.5) is 4.39 Å². The third-order valence-corrected chi connectivity index (χ3v) is 4.11. The number of H-pyrrole nitrogens is 1. The van der Waals surface area contributed by atoms with Crippen LogP contribution in [0.1, 0.15) is 35.8 Å². The van der Waals surface area contributed by atoms with Crippen molar-refractivity contribution in [3.63, 3.8) is 0 Å². The number of nitrogens with one attached hydrogen (secondary N) is 1. The Morgan fingerprint density at radius 1 is 1.45 bits per heavy atom. The number of likely N-dealkylation sites (tertiary alicyclic amines) is 1. The molecule has 2 aromatic rings. The van der Waals surface area contributed by atoms with E-state index in [1.165, 1.54) is 18.6 Å². The number of carbonyl (C=O) groups is 1. The van der Waals surface area contributed by atoms with Crippen LogP contribution in [-0.4, -0.2) is 28.9 Å². The molecule has 1 aliphatic heterocycles. The van der Waals surface area contributed by atoms with Gasteiger partial charge in [0.1, 0.15) is 5.82 Å². The monoisotopic (exact) mass is 274 g/mol. The second kappa shape index (κ2) is 4.93. The number of piperidine rings is 1. The molecule has 0 spiro atoms. The summed E-state index contributed by atoms with van der Waals surface area (Å²) < 4.78 is 13.3. The van der Waals surface area contributed by atoms with E-state index in [2.05, 4.69) is 11.9 Å². The lowest BCUT2D eigenvalue weighted by Crippen LogP contribution is -2.39. The van der Waals surface area contributed by atoms with Crippen molar-refractivity contribution in [2.24, 2.45) is 5.92 Å². The molecule has 0 aliphatic carbocycles. The van der Waals surface area contributed by atoms with Crippen molar-refractivity contribution in [2.75, 3.05) is 13.1 Å². The van der Waals surface area contributed by atoms with Crippen molar-refractivity contribution in [3.8, 4) is 0 Å². The van der Waals surface area contributed by atoms with Crippen LogP contribution in [0.5, 0.6) is 0 Å². The minimum Gasteiger partial charge on any atom is -0.358 e. The van der Waals surface area contributed by atoms with Gasteiger partial charge in [-0.25, -0.2) is 4.39 Å². The number of amides is 1. The van der Waals surface area contributed by atoms with Crippen molar-refractivity contribution in [1.82, 2.24) is 9.88 Å². The number of fused-ring (bicyclic) bond motifs is 1. The average molecular weight is 274 g/mol. The number of hydrogen-bond donors (Lipinski definition) is 1. The summed E-state index contributed by atoms with van der Waals surface area (Å²) in [6.45, 7) is 5.68. The molecular formula is C16H19FN2O. The van der Waals surface area contributed by atoms with Crippen LogP contribution < -0.4 is 0 Å². The number of rotatable bonds is 1. The van der Waals surface area contributed by atoms with Crippen LogP contribution in [0.2, 0.25) is 0 Å². The third-order valence-electron chi connectivity index (χ3n) is 4.11. The van der Waals surface area contributed by atoms with Crippen molar-refractivity contribution >= 4 is 16.8 Å². The number of hydrogen-bond acceptors (Lipinski definition) is 1. The van der Waals surface area contributed by atoms with Gasteiger partial charge in [-0.1, -0.05) is 6.92 Å². The number of carbonyl (C=O) groups excluding carboxylic acids is 1. The SMILES string of the molecule is Cc1[nH]c2cc(F)ccc2c1C(=O)N1CCCC(C)C1. The molecule has 1 saturated heterocycles. The topological polar surface area (TPSA) is 36.1 Å². The molecule has 0 bridgehead atoms. The Morgan fingerprint density at radius 3 is 3.00 bits per heavy atom. The first-order valence-corrected chi connectivity index (χ1v) is 7.13. The Balaban J connectivity index is 2.00. The van der Waals surface area contributed by atoms with Gasteiger partial charge in [-0.05, 0) is 43.9 Å². The van der Waals surface area contributed by atoms with Crippen molar-refractivity contribution < 1.29 is 9.18 Å². The normalized spacial score (nSPS) is 19.6. The second-order valence-corrected chi connectivity index (χ2v) is 5.81. The quantitative estimate of drug-likeness (QED) is 0.849. The molecule has 4 heteroatoms. The van der Waals surface area contributed by atoms with Crippen LogP contribution in [0.25, 0.3) is 10.9 Å². The first-order valence-electron chi connectivity index (χ1n) is 7.13. The number of halogens is 1. The Labute approximate surface area is 117 Å². The molecule has 1 N–H and O–H groups in total. The maximum atomic E-state index is 13.3. The van der Waals surface area contributed by atoms with Crippen molar-refractivity contribution in [1.29, 1.82) is 0 Å². The summed E-state index contributed by atoms with van der Waals surface area (Å²) in [5, 5.41) is 0.812. The molecule has 1 fully saturated rings. The highest BCUT2D eigenvalue weighted by molar-refractivity contribution is 6.08. The molecule has 1 aromatic carbocycles. The molecule has 1 unspecified atom stereocenters. The van der Waals surface area contributed by atoms with Gasteiger partial charge in [0.25, 0.3) is 5.91 Å². The predicted molar refractivity (Wildman–Crippen MR) is 77.3 cm³/mol. The van der Waals surface area contributed by atoms with Gasteiger partial charge in [-0.3, -0.25) is 4.79 Å². The van der Waals surface area contributed by atoms with E-state index < -0.39 is 0 Å². The lowest BCUT2D eigenvalue weighted by molar-refractivity contribution is 0.0684. The number of benzene rings is 1. The summed E-state index contributed by atoms with van der Waals surface area (Å²) in [6, 6.07) is 4.54. The van der Waals surface area contributed by atoms with Gasteiger partial charge in [-0.2, -0.15) is 0 Å². The van der Waals surface area contributed by atoms with Gasteiger partial charge in [0.05, 0.1) is 5.56 Å². The fraction of sp³-hybridized carbons (Fsp3) is 0.438. The highest BCUT2D eigenvalue weighted by Gasteiger charge is 2.25. The first-order chi connectivity index (χ1) is 9.56. The van der Waals surface area contributed by atoms with Gasteiger partial charge in [-0.15, -0.1) is 0 Å². The average Bonchev–Trinajstić information content (AvgIpc) is 2.73. The smallest absolute Gasteiger partial charge is 0.256 e. The summed E-state index contributed by atoms with van der Waals surface area (Å²) in [5.41, 5.74) is 2.19. The standard InChI is InChI=1S/C16H19FN2O/c1-10-4-3-7-19(9-10)16(20)15-11(2)18-14-8-12(17)5-6-13(14)15/h5-6,8,10,18H,3-4,7,9H2,1-2H3. The van der Waals surface area contributed by atoms with E-state index in [0.717, 1.165) is 30.6 Å². The number of aromatic nitrogens is 1. The molecule has 1 atom stereocenters. The van der Waals surface area contributed by atoms with E-state index in [1.54, 1.807) is 6.07 Å². The molecule has 20 heavy (non-hydrogen) atoms. The fourth-order valence-corrected chi connectivity index (χ4v) is 3.11. The van der Waals surface area contributed by atoms with Crippen LogP contribution in [0, 0.1) is 18.7 Å². The zero-order valence-electron chi connectivity index (χ0n) is 11.9. The molecule has 106 valence electrons. The molecule has 2 heterocycles.